The van der Waals surface area contributed by atoms with Crippen LogP contribution in [0.15, 0.2) is 35.4 Å². The van der Waals surface area contributed by atoms with Crippen LogP contribution >= 0.6 is 11.3 Å². The Morgan fingerprint density at radius 3 is 2.62 bits per heavy atom. The van der Waals surface area contributed by atoms with Crippen molar-refractivity contribution in [3.63, 3.8) is 0 Å². The minimum Gasteiger partial charge on any atom is -0.301 e. The summed E-state index contributed by atoms with van der Waals surface area (Å²) in [7, 11) is -4.25. The standard InChI is InChI=1S/C13H12F3N3O3S2/c1-8-6-17-12(23-8)19-11(20)7-18-24(21,22)10-4-2-3-9(5-10)13(14,15)16/h2-6,18H,7H2,1H3,(H,17,19,20). The fourth-order valence-electron chi connectivity index (χ4n) is 1.66. The van der Waals surface area contributed by atoms with Crippen molar-refractivity contribution >= 4 is 32.4 Å². The third-order valence-electron chi connectivity index (χ3n) is 2.76. The summed E-state index contributed by atoms with van der Waals surface area (Å²) in [5.74, 6) is -0.681. The maximum Gasteiger partial charge on any atom is 0.416 e. The van der Waals surface area contributed by atoms with Crippen LogP contribution < -0.4 is 10.0 Å². The monoisotopic (exact) mass is 379 g/mol. The van der Waals surface area contributed by atoms with Gasteiger partial charge in [0.25, 0.3) is 0 Å². The average Bonchev–Trinajstić information content (AvgIpc) is 2.90. The fraction of sp³-hybridized carbons (Fsp3) is 0.231. The Hall–Kier alpha value is -1.98. The van der Waals surface area contributed by atoms with Crippen molar-refractivity contribution in [3.8, 4) is 0 Å². The summed E-state index contributed by atoms with van der Waals surface area (Å²) in [5.41, 5.74) is -1.09. The topological polar surface area (TPSA) is 88.2 Å². The van der Waals surface area contributed by atoms with E-state index in [1.165, 1.54) is 17.5 Å². The second kappa shape index (κ2) is 6.87. The van der Waals surface area contributed by atoms with Gasteiger partial charge in [0.2, 0.25) is 15.9 Å². The Kier molecular flexibility index (Phi) is 5.26. The number of rotatable bonds is 5. The highest BCUT2D eigenvalue weighted by Gasteiger charge is 2.31. The average molecular weight is 379 g/mol. The number of anilines is 1. The highest BCUT2D eigenvalue weighted by molar-refractivity contribution is 7.89. The number of nitrogens with one attached hydrogen (secondary N) is 2. The molecule has 0 aliphatic carbocycles. The Morgan fingerprint density at radius 2 is 2.04 bits per heavy atom. The number of sulfonamides is 1. The zero-order valence-electron chi connectivity index (χ0n) is 12.2. The van der Waals surface area contributed by atoms with E-state index in [9.17, 15) is 26.4 Å². The van der Waals surface area contributed by atoms with Gasteiger partial charge in [-0.3, -0.25) is 4.79 Å². The smallest absolute Gasteiger partial charge is 0.301 e. The molecule has 1 amide bonds. The number of alkyl halides is 3. The number of thiazole rings is 1. The van der Waals surface area contributed by atoms with Crippen LogP contribution in [-0.2, 0) is 21.0 Å². The number of benzene rings is 1. The molecule has 11 heteroatoms. The van der Waals surface area contributed by atoms with E-state index in [0.717, 1.165) is 23.1 Å². The van der Waals surface area contributed by atoms with Gasteiger partial charge in [-0.05, 0) is 25.1 Å². The number of carbonyl (C=O) groups is 1. The Morgan fingerprint density at radius 1 is 1.33 bits per heavy atom. The molecule has 0 aliphatic heterocycles. The number of aromatic nitrogens is 1. The number of nitrogens with zero attached hydrogens (tertiary/aromatic N) is 1. The summed E-state index contributed by atoms with van der Waals surface area (Å²) in [4.78, 5) is 15.8. The first-order chi connectivity index (χ1) is 11.1. The molecule has 0 aliphatic rings. The summed E-state index contributed by atoms with van der Waals surface area (Å²) >= 11 is 1.21. The lowest BCUT2D eigenvalue weighted by Gasteiger charge is -2.10. The van der Waals surface area contributed by atoms with Gasteiger partial charge in [-0.25, -0.2) is 18.1 Å². The Balaban J connectivity index is 2.04. The molecule has 1 aromatic heterocycles. The van der Waals surface area contributed by atoms with E-state index in [-0.39, 0.29) is 0 Å². The van der Waals surface area contributed by atoms with Crippen molar-refractivity contribution < 1.29 is 26.4 Å². The van der Waals surface area contributed by atoms with Crippen LogP contribution in [0.1, 0.15) is 10.4 Å². The molecule has 24 heavy (non-hydrogen) atoms. The maximum absolute atomic E-state index is 12.6. The van der Waals surface area contributed by atoms with Gasteiger partial charge >= 0.3 is 6.18 Å². The first-order valence-corrected chi connectivity index (χ1v) is 8.77. The minimum atomic E-state index is -4.66. The largest absolute Gasteiger partial charge is 0.416 e. The van der Waals surface area contributed by atoms with E-state index in [2.05, 4.69) is 10.3 Å². The molecule has 0 fully saturated rings. The molecule has 1 heterocycles. The molecular weight excluding hydrogens is 367 g/mol. The van der Waals surface area contributed by atoms with Gasteiger partial charge in [-0.1, -0.05) is 6.07 Å². The van der Waals surface area contributed by atoms with Gasteiger partial charge < -0.3 is 5.32 Å². The quantitative estimate of drug-likeness (QED) is 0.835. The van der Waals surface area contributed by atoms with Crippen molar-refractivity contribution in [2.24, 2.45) is 0 Å². The lowest BCUT2D eigenvalue weighted by Crippen LogP contribution is -2.33. The van der Waals surface area contributed by atoms with E-state index in [4.69, 9.17) is 0 Å². The molecule has 2 rings (SSSR count). The summed E-state index contributed by atoms with van der Waals surface area (Å²) in [6, 6.07) is 3.26. The highest BCUT2D eigenvalue weighted by Crippen LogP contribution is 2.30. The fourth-order valence-corrected chi connectivity index (χ4v) is 3.37. The number of hydrogen-bond donors (Lipinski definition) is 2. The van der Waals surface area contributed by atoms with Crippen molar-refractivity contribution in [3.05, 3.63) is 40.9 Å². The zero-order valence-corrected chi connectivity index (χ0v) is 13.8. The van der Waals surface area contributed by atoms with E-state index in [1.54, 1.807) is 6.92 Å². The maximum atomic E-state index is 12.6. The van der Waals surface area contributed by atoms with Gasteiger partial charge in [-0.2, -0.15) is 13.2 Å². The van der Waals surface area contributed by atoms with Crippen LogP contribution in [0.3, 0.4) is 0 Å². The summed E-state index contributed by atoms with van der Waals surface area (Å²) in [6.45, 7) is 1.15. The van der Waals surface area contributed by atoms with E-state index in [0.29, 0.717) is 11.2 Å². The molecule has 0 atom stereocenters. The van der Waals surface area contributed by atoms with Crippen LogP contribution in [0.2, 0.25) is 0 Å². The lowest BCUT2D eigenvalue weighted by molar-refractivity contribution is -0.137. The lowest BCUT2D eigenvalue weighted by atomic mass is 10.2. The normalized spacial score (nSPS) is 12.2. The summed E-state index contributed by atoms with van der Waals surface area (Å²) < 4.78 is 63.8. The third kappa shape index (κ3) is 4.76. The second-order valence-electron chi connectivity index (χ2n) is 4.67. The molecule has 1 aromatic carbocycles. The van der Waals surface area contributed by atoms with Crippen molar-refractivity contribution in [1.29, 1.82) is 0 Å². The highest BCUT2D eigenvalue weighted by atomic mass is 32.2. The molecule has 0 radical (unpaired) electrons. The van der Waals surface area contributed by atoms with Crippen molar-refractivity contribution in [2.75, 3.05) is 11.9 Å². The van der Waals surface area contributed by atoms with E-state index >= 15 is 0 Å². The number of aryl methyl sites for hydroxylation is 1. The number of hydrogen-bond acceptors (Lipinski definition) is 5. The van der Waals surface area contributed by atoms with Gasteiger partial charge in [0.15, 0.2) is 5.13 Å². The second-order valence-corrected chi connectivity index (χ2v) is 7.68. The van der Waals surface area contributed by atoms with Gasteiger partial charge in [-0.15, -0.1) is 11.3 Å². The zero-order chi connectivity index (χ0) is 18.0. The summed E-state index contributed by atoms with van der Waals surface area (Å²) in [6.07, 6.45) is -3.13. The molecule has 2 aromatic rings. The van der Waals surface area contributed by atoms with Gasteiger partial charge in [0.1, 0.15) is 0 Å². The van der Waals surface area contributed by atoms with E-state index in [1.807, 2.05) is 4.72 Å². The van der Waals surface area contributed by atoms with Gasteiger partial charge in [0, 0.05) is 11.1 Å². The first kappa shape index (κ1) is 18.4. The van der Waals surface area contributed by atoms with Crippen LogP contribution in [0.25, 0.3) is 0 Å². The van der Waals surface area contributed by atoms with Crippen molar-refractivity contribution in [2.45, 2.75) is 18.0 Å². The third-order valence-corrected chi connectivity index (χ3v) is 4.99. The molecule has 0 saturated carbocycles. The summed E-state index contributed by atoms with van der Waals surface area (Å²) in [5, 5.41) is 2.69. The minimum absolute atomic E-state index is 0.302. The Bertz CT molecular complexity index is 847. The molecule has 6 nitrogen and oxygen atoms in total. The molecule has 0 saturated heterocycles. The first-order valence-electron chi connectivity index (χ1n) is 6.47. The molecule has 2 N–H and O–H groups in total. The SMILES string of the molecule is Cc1cnc(NC(=O)CNS(=O)(=O)c2cccc(C(F)(F)F)c2)s1. The van der Waals surface area contributed by atoms with Crippen LogP contribution in [0.4, 0.5) is 18.3 Å². The molecular formula is C13H12F3N3O3S2. The number of carbonyl (C=O) groups excluding carboxylic acids is 1. The van der Waals surface area contributed by atoms with Crippen LogP contribution in [-0.4, -0.2) is 25.9 Å². The number of halogens is 3. The van der Waals surface area contributed by atoms with Crippen molar-refractivity contribution in [1.82, 2.24) is 9.71 Å². The molecule has 0 bridgehead atoms. The predicted octanol–water partition coefficient (Wildman–Crippen LogP) is 2.39. The molecule has 130 valence electrons. The Labute approximate surface area is 139 Å². The van der Waals surface area contributed by atoms with Crippen LogP contribution in [0.5, 0.6) is 0 Å². The predicted molar refractivity (Wildman–Crippen MR) is 82.1 cm³/mol. The molecule has 0 spiro atoms. The number of amides is 1. The molecule has 0 unspecified atom stereocenters. The van der Waals surface area contributed by atoms with E-state index < -0.39 is 39.1 Å². The van der Waals surface area contributed by atoms with Gasteiger partial charge in [0.05, 0.1) is 17.0 Å². The van der Waals surface area contributed by atoms with Crippen LogP contribution in [0, 0.1) is 6.92 Å².